The molecular formula is C19H18N4O. The molecule has 0 bridgehead atoms. The van der Waals surface area contributed by atoms with Crippen LogP contribution in [0.2, 0.25) is 0 Å². The molecule has 0 saturated heterocycles. The molecule has 120 valence electrons. The molecule has 0 saturated carbocycles. The summed E-state index contributed by atoms with van der Waals surface area (Å²) >= 11 is 0. The van der Waals surface area contributed by atoms with Crippen LogP contribution >= 0.6 is 0 Å². The Kier molecular flexibility index (Phi) is 3.61. The van der Waals surface area contributed by atoms with E-state index >= 15 is 0 Å². The zero-order valence-corrected chi connectivity index (χ0v) is 13.7. The number of hydrogen-bond donors (Lipinski definition) is 0. The lowest BCUT2D eigenvalue weighted by atomic mass is 9.96. The Bertz CT molecular complexity index is 971. The molecule has 4 aromatic rings. The van der Waals surface area contributed by atoms with Gasteiger partial charge in [-0.3, -0.25) is 0 Å². The molecule has 0 aliphatic heterocycles. The van der Waals surface area contributed by atoms with Gasteiger partial charge in [-0.1, -0.05) is 42.4 Å². The summed E-state index contributed by atoms with van der Waals surface area (Å²) < 4.78 is 7.55. The third-order valence-corrected chi connectivity index (χ3v) is 4.33. The van der Waals surface area contributed by atoms with Gasteiger partial charge >= 0.3 is 0 Å². The van der Waals surface area contributed by atoms with Crippen molar-refractivity contribution in [3.05, 3.63) is 66.3 Å². The maximum atomic E-state index is 5.57. The summed E-state index contributed by atoms with van der Waals surface area (Å²) in [4.78, 5) is 8.98. The first-order chi connectivity index (χ1) is 11.8. The molecule has 0 aliphatic rings. The lowest BCUT2D eigenvalue weighted by Crippen LogP contribution is -1.99. The fraction of sp³-hybridized carbons (Fsp3) is 0.211. The van der Waals surface area contributed by atoms with Gasteiger partial charge in [-0.05, 0) is 30.2 Å². The Morgan fingerprint density at radius 3 is 2.75 bits per heavy atom. The molecule has 0 aliphatic carbocycles. The van der Waals surface area contributed by atoms with Crippen LogP contribution in [-0.2, 0) is 7.05 Å². The lowest BCUT2D eigenvalue weighted by Gasteiger charge is -2.09. The van der Waals surface area contributed by atoms with E-state index in [4.69, 9.17) is 4.52 Å². The fourth-order valence-corrected chi connectivity index (χ4v) is 3.00. The van der Waals surface area contributed by atoms with Crippen molar-refractivity contribution in [2.75, 3.05) is 0 Å². The maximum Gasteiger partial charge on any atom is 0.234 e. The van der Waals surface area contributed by atoms with Gasteiger partial charge in [0.25, 0.3) is 0 Å². The molecule has 0 radical (unpaired) electrons. The fourth-order valence-electron chi connectivity index (χ4n) is 3.00. The standard InChI is InChI=1S/C19H18N4O/c1-3-15(13-7-5-4-6-8-13)19-21-18(22-24-19)14-9-10-16-17(11-14)23(2)12-20-16/h4-12,15H,3H2,1-2H3. The zero-order valence-electron chi connectivity index (χ0n) is 13.7. The summed E-state index contributed by atoms with van der Waals surface area (Å²) in [7, 11) is 1.98. The highest BCUT2D eigenvalue weighted by Gasteiger charge is 2.20. The summed E-state index contributed by atoms with van der Waals surface area (Å²) in [5.41, 5.74) is 4.14. The first-order valence-electron chi connectivity index (χ1n) is 8.06. The molecule has 0 spiro atoms. The molecule has 2 heterocycles. The van der Waals surface area contributed by atoms with E-state index in [9.17, 15) is 0 Å². The van der Waals surface area contributed by atoms with Crippen molar-refractivity contribution in [3.63, 3.8) is 0 Å². The number of imidazole rings is 1. The Hall–Kier alpha value is -2.95. The molecule has 0 amide bonds. The van der Waals surface area contributed by atoms with Gasteiger partial charge in [-0.2, -0.15) is 4.98 Å². The number of nitrogens with zero attached hydrogens (tertiary/aromatic N) is 4. The number of aryl methyl sites for hydroxylation is 1. The third kappa shape index (κ3) is 2.48. The summed E-state index contributed by atoms with van der Waals surface area (Å²) in [6.45, 7) is 2.13. The van der Waals surface area contributed by atoms with Gasteiger partial charge in [-0.15, -0.1) is 0 Å². The highest BCUT2D eigenvalue weighted by molar-refractivity contribution is 5.80. The van der Waals surface area contributed by atoms with E-state index in [1.54, 1.807) is 6.33 Å². The van der Waals surface area contributed by atoms with Crippen LogP contribution < -0.4 is 0 Å². The van der Waals surface area contributed by atoms with Gasteiger partial charge in [0.2, 0.25) is 11.7 Å². The lowest BCUT2D eigenvalue weighted by molar-refractivity contribution is 0.363. The molecule has 4 rings (SSSR count). The van der Waals surface area contributed by atoms with Crippen LogP contribution in [-0.4, -0.2) is 19.7 Å². The topological polar surface area (TPSA) is 56.7 Å². The molecule has 0 fully saturated rings. The van der Waals surface area contributed by atoms with Crippen LogP contribution in [0.25, 0.3) is 22.4 Å². The van der Waals surface area contributed by atoms with E-state index in [2.05, 4.69) is 34.2 Å². The second-order valence-electron chi connectivity index (χ2n) is 5.89. The van der Waals surface area contributed by atoms with Crippen molar-refractivity contribution in [2.45, 2.75) is 19.3 Å². The minimum absolute atomic E-state index is 0.118. The molecule has 5 nitrogen and oxygen atoms in total. The molecule has 1 atom stereocenters. The predicted molar refractivity (Wildman–Crippen MR) is 92.6 cm³/mol. The number of fused-ring (bicyclic) bond motifs is 1. The van der Waals surface area contributed by atoms with E-state index < -0.39 is 0 Å². The van der Waals surface area contributed by atoms with Crippen molar-refractivity contribution in [1.82, 2.24) is 19.7 Å². The quantitative estimate of drug-likeness (QED) is 0.567. The van der Waals surface area contributed by atoms with E-state index in [-0.39, 0.29) is 5.92 Å². The van der Waals surface area contributed by atoms with Crippen LogP contribution in [0.4, 0.5) is 0 Å². The van der Waals surface area contributed by atoms with Crippen LogP contribution in [0.15, 0.2) is 59.4 Å². The summed E-state index contributed by atoms with van der Waals surface area (Å²) in [5, 5.41) is 4.19. The first kappa shape index (κ1) is 14.6. The third-order valence-electron chi connectivity index (χ3n) is 4.33. The molecule has 2 aromatic heterocycles. The van der Waals surface area contributed by atoms with Crippen LogP contribution in [0.5, 0.6) is 0 Å². The van der Waals surface area contributed by atoms with E-state index in [1.807, 2.05) is 48.0 Å². The average Bonchev–Trinajstić information content (AvgIpc) is 3.24. The second-order valence-corrected chi connectivity index (χ2v) is 5.89. The van der Waals surface area contributed by atoms with Gasteiger partial charge < -0.3 is 9.09 Å². The van der Waals surface area contributed by atoms with E-state index in [0.29, 0.717) is 11.7 Å². The minimum Gasteiger partial charge on any atom is -0.338 e. The van der Waals surface area contributed by atoms with Gasteiger partial charge in [-0.25, -0.2) is 4.98 Å². The number of aromatic nitrogens is 4. The van der Waals surface area contributed by atoms with Gasteiger partial charge in [0.05, 0.1) is 23.3 Å². The Morgan fingerprint density at radius 2 is 1.96 bits per heavy atom. The maximum absolute atomic E-state index is 5.57. The number of rotatable bonds is 4. The summed E-state index contributed by atoms with van der Waals surface area (Å²) in [6, 6.07) is 16.3. The van der Waals surface area contributed by atoms with Gasteiger partial charge in [0, 0.05) is 12.6 Å². The predicted octanol–water partition coefficient (Wildman–Crippen LogP) is 4.17. The van der Waals surface area contributed by atoms with Crippen LogP contribution in [0.3, 0.4) is 0 Å². The molecule has 0 N–H and O–H groups in total. The smallest absolute Gasteiger partial charge is 0.234 e. The van der Waals surface area contributed by atoms with Crippen molar-refractivity contribution in [2.24, 2.45) is 7.05 Å². The van der Waals surface area contributed by atoms with Crippen LogP contribution in [0.1, 0.15) is 30.7 Å². The SMILES string of the molecule is CCC(c1ccccc1)c1nc(-c2ccc3ncn(C)c3c2)no1. The Balaban J connectivity index is 1.71. The number of hydrogen-bond acceptors (Lipinski definition) is 4. The van der Waals surface area contributed by atoms with Crippen molar-refractivity contribution in [3.8, 4) is 11.4 Å². The van der Waals surface area contributed by atoms with Crippen molar-refractivity contribution < 1.29 is 4.52 Å². The number of benzene rings is 2. The average molecular weight is 318 g/mol. The summed E-state index contributed by atoms with van der Waals surface area (Å²) in [5.74, 6) is 1.39. The molecule has 1 unspecified atom stereocenters. The first-order valence-corrected chi connectivity index (χ1v) is 8.06. The van der Waals surface area contributed by atoms with E-state index in [1.165, 1.54) is 5.56 Å². The second kappa shape index (κ2) is 5.92. The van der Waals surface area contributed by atoms with Gasteiger partial charge in [0.15, 0.2) is 0 Å². The summed E-state index contributed by atoms with van der Waals surface area (Å²) in [6.07, 6.45) is 2.71. The molecule has 5 heteroatoms. The normalized spacial score (nSPS) is 12.6. The minimum atomic E-state index is 0.118. The molecular weight excluding hydrogens is 300 g/mol. The van der Waals surface area contributed by atoms with Crippen molar-refractivity contribution in [1.29, 1.82) is 0 Å². The molecule has 2 aromatic carbocycles. The zero-order chi connectivity index (χ0) is 16.5. The van der Waals surface area contributed by atoms with Gasteiger partial charge in [0.1, 0.15) is 0 Å². The van der Waals surface area contributed by atoms with Crippen molar-refractivity contribution >= 4 is 11.0 Å². The largest absolute Gasteiger partial charge is 0.338 e. The van der Waals surface area contributed by atoms with E-state index in [0.717, 1.165) is 23.0 Å². The highest BCUT2D eigenvalue weighted by Crippen LogP contribution is 2.29. The Morgan fingerprint density at radius 1 is 1.12 bits per heavy atom. The molecule has 24 heavy (non-hydrogen) atoms. The highest BCUT2D eigenvalue weighted by atomic mass is 16.5. The Labute approximate surface area is 140 Å². The monoisotopic (exact) mass is 318 g/mol. The van der Waals surface area contributed by atoms with Crippen LogP contribution in [0, 0.1) is 0 Å².